The Bertz CT molecular complexity index is 362. The quantitative estimate of drug-likeness (QED) is 0.620. The highest BCUT2D eigenvalue weighted by Gasteiger charge is 1.99. The molecule has 0 saturated carbocycles. The highest BCUT2D eigenvalue weighted by molar-refractivity contribution is 5.58. The summed E-state index contributed by atoms with van der Waals surface area (Å²) in [7, 11) is 3.81. The predicted molar refractivity (Wildman–Crippen MR) is 48.4 cm³/mol. The molecule has 1 radical (unpaired) electrons. The summed E-state index contributed by atoms with van der Waals surface area (Å²) in [5.74, 6) is 0. The molecule has 0 fully saturated rings. The highest BCUT2D eigenvalue weighted by Crippen LogP contribution is 2.16. The molecule has 0 spiro atoms. The summed E-state index contributed by atoms with van der Waals surface area (Å²) in [5, 5.41) is 0. The van der Waals surface area contributed by atoms with Gasteiger partial charge in [-0.3, -0.25) is 0 Å². The zero-order valence-corrected chi connectivity index (χ0v) is 6.64. The van der Waals surface area contributed by atoms with Crippen molar-refractivity contribution in [1.82, 2.24) is 9.55 Å². The van der Waals surface area contributed by atoms with Crippen LogP contribution in [0.25, 0.3) is 11.3 Å². The Labute approximate surface area is 71.5 Å². The van der Waals surface area contributed by atoms with E-state index in [-0.39, 0.29) is 0 Å². The van der Waals surface area contributed by atoms with Crippen LogP contribution >= 0.6 is 0 Å². The van der Waals surface area contributed by atoms with Crippen molar-refractivity contribution in [2.24, 2.45) is 0 Å². The summed E-state index contributed by atoms with van der Waals surface area (Å²) < 4.78 is 1.76. The Morgan fingerprint density at radius 1 is 1.17 bits per heavy atom. The zero-order valence-electron chi connectivity index (χ0n) is 6.64. The van der Waals surface area contributed by atoms with Crippen LogP contribution in [-0.4, -0.2) is 9.55 Å². The van der Waals surface area contributed by atoms with E-state index in [0.717, 1.165) is 11.3 Å². The summed E-state index contributed by atoms with van der Waals surface area (Å²) in [5.41, 5.74) is 2.18. The number of benzene rings is 1. The standard InChI is InChI=1S/C10H9N2/c1-12-8-11-7-10(12)9-5-3-2-4-6-9/h2-8H,1H2. The first kappa shape index (κ1) is 7.10. The minimum Gasteiger partial charge on any atom is -0.329 e. The molecule has 2 aromatic rings. The number of hydrogen-bond acceptors (Lipinski definition) is 1. The molecular weight excluding hydrogens is 148 g/mol. The van der Waals surface area contributed by atoms with Crippen molar-refractivity contribution in [1.29, 1.82) is 0 Å². The second-order valence-electron chi connectivity index (χ2n) is 2.61. The molecule has 0 N–H and O–H groups in total. The molecule has 2 rings (SSSR count). The van der Waals surface area contributed by atoms with Gasteiger partial charge in [0.15, 0.2) is 0 Å². The molecule has 0 aliphatic carbocycles. The largest absolute Gasteiger partial charge is 0.329 e. The van der Waals surface area contributed by atoms with Gasteiger partial charge in [-0.1, -0.05) is 30.3 Å². The highest BCUT2D eigenvalue weighted by atomic mass is 15.0. The SMILES string of the molecule is [CH2]n1cncc1-c1ccccc1. The molecule has 0 aliphatic heterocycles. The van der Waals surface area contributed by atoms with Gasteiger partial charge in [-0.25, -0.2) is 4.98 Å². The van der Waals surface area contributed by atoms with Crippen LogP contribution < -0.4 is 0 Å². The Kier molecular flexibility index (Phi) is 1.67. The maximum atomic E-state index is 4.00. The van der Waals surface area contributed by atoms with Crippen LogP contribution in [0.15, 0.2) is 42.9 Å². The predicted octanol–water partition coefficient (Wildman–Crippen LogP) is 2.19. The summed E-state index contributed by atoms with van der Waals surface area (Å²) in [6, 6.07) is 10.1. The molecule has 0 atom stereocenters. The van der Waals surface area contributed by atoms with Gasteiger partial charge in [-0.05, 0) is 5.56 Å². The topological polar surface area (TPSA) is 17.8 Å². The van der Waals surface area contributed by atoms with Crippen molar-refractivity contribution in [2.45, 2.75) is 0 Å². The molecule has 0 bridgehead atoms. The summed E-state index contributed by atoms with van der Waals surface area (Å²) in [4.78, 5) is 4.00. The van der Waals surface area contributed by atoms with E-state index in [9.17, 15) is 0 Å². The monoisotopic (exact) mass is 157 g/mol. The molecular formula is C10H9N2. The van der Waals surface area contributed by atoms with E-state index in [4.69, 9.17) is 0 Å². The normalized spacial score (nSPS) is 10.1. The Balaban J connectivity index is 2.51. The van der Waals surface area contributed by atoms with Gasteiger partial charge in [0.1, 0.15) is 0 Å². The fraction of sp³-hybridized carbons (Fsp3) is 0. The van der Waals surface area contributed by atoms with Crippen molar-refractivity contribution in [3.63, 3.8) is 0 Å². The van der Waals surface area contributed by atoms with Crippen LogP contribution in [0.2, 0.25) is 0 Å². The Hall–Kier alpha value is -1.57. The van der Waals surface area contributed by atoms with Crippen molar-refractivity contribution >= 4 is 0 Å². The zero-order chi connectivity index (χ0) is 8.39. The number of nitrogens with zero attached hydrogens (tertiary/aromatic N) is 2. The van der Waals surface area contributed by atoms with Gasteiger partial charge >= 0.3 is 0 Å². The average molecular weight is 157 g/mol. The number of imidazole rings is 1. The van der Waals surface area contributed by atoms with E-state index in [0.29, 0.717) is 0 Å². The smallest absolute Gasteiger partial charge is 0.0951 e. The van der Waals surface area contributed by atoms with Crippen LogP contribution in [0.4, 0.5) is 0 Å². The van der Waals surface area contributed by atoms with Crippen molar-refractivity contribution in [3.8, 4) is 11.3 Å². The molecule has 0 amide bonds. The van der Waals surface area contributed by atoms with E-state index in [1.165, 1.54) is 0 Å². The molecule has 1 aromatic heterocycles. The van der Waals surface area contributed by atoms with E-state index in [1.807, 2.05) is 36.5 Å². The second-order valence-corrected chi connectivity index (χ2v) is 2.61. The van der Waals surface area contributed by atoms with Crippen molar-refractivity contribution in [3.05, 3.63) is 49.9 Å². The van der Waals surface area contributed by atoms with Crippen LogP contribution in [0.1, 0.15) is 0 Å². The van der Waals surface area contributed by atoms with Crippen LogP contribution in [-0.2, 0) is 0 Å². The van der Waals surface area contributed by atoms with E-state index >= 15 is 0 Å². The minimum absolute atomic E-state index is 1.04. The van der Waals surface area contributed by atoms with Crippen molar-refractivity contribution < 1.29 is 0 Å². The van der Waals surface area contributed by atoms with Crippen LogP contribution in [0.3, 0.4) is 0 Å². The number of rotatable bonds is 1. The molecule has 1 heterocycles. The molecule has 0 unspecified atom stereocenters. The maximum absolute atomic E-state index is 4.00. The fourth-order valence-corrected chi connectivity index (χ4v) is 1.17. The van der Waals surface area contributed by atoms with Gasteiger partial charge in [-0.2, -0.15) is 0 Å². The summed E-state index contributed by atoms with van der Waals surface area (Å²) in [6.45, 7) is 0. The lowest BCUT2D eigenvalue weighted by Crippen LogP contribution is -1.85. The Morgan fingerprint density at radius 3 is 2.50 bits per heavy atom. The average Bonchev–Trinajstić information content (AvgIpc) is 2.53. The van der Waals surface area contributed by atoms with Gasteiger partial charge in [0.2, 0.25) is 0 Å². The molecule has 59 valence electrons. The third-order valence-corrected chi connectivity index (χ3v) is 1.78. The summed E-state index contributed by atoms with van der Waals surface area (Å²) in [6.07, 6.45) is 3.50. The molecule has 1 aromatic carbocycles. The lowest BCUT2D eigenvalue weighted by Gasteiger charge is -1.99. The minimum atomic E-state index is 1.04. The summed E-state index contributed by atoms with van der Waals surface area (Å²) >= 11 is 0. The van der Waals surface area contributed by atoms with E-state index in [1.54, 1.807) is 10.9 Å². The first-order valence-corrected chi connectivity index (χ1v) is 3.76. The fourth-order valence-electron chi connectivity index (χ4n) is 1.17. The second kappa shape index (κ2) is 2.81. The number of hydrogen-bond donors (Lipinski definition) is 0. The van der Waals surface area contributed by atoms with Crippen molar-refractivity contribution in [2.75, 3.05) is 0 Å². The van der Waals surface area contributed by atoms with Gasteiger partial charge in [-0.15, -0.1) is 0 Å². The first-order chi connectivity index (χ1) is 5.88. The van der Waals surface area contributed by atoms with Crippen LogP contribution in [0.5, 0.6) is 0 Å². The molecule has 12 heavy (non-hydrogen) atoms. The lowest BCUT2D eigenvalue weighted by atomic mass is 10.2. The molecule has 2 nitrogen and oxygen atoms in total. The van der Waals surface area contributed by atoms with E-state index < -0.39 is 0 Å². The molecule has 0 saturated heterocycles. The van der Waals surface area contributed by atoms with Gasteiger partial charge in [0.25, 0.3) is 0 Å². The maximum Gasteiger partial charge on any atom is 0.0951 e. The van der Waals surface area contributed by atoms with Crippen LogP contribution in [0, 0.1) is 7.05 Å². The first-order valence-electron chi connectivity index (χ1n) is 3.76. The third kappa shape index (κ3) is 1.11. The van der Waals surface area contributed by atoms with Gasteiger partial charge < -0.3 is 4.57 Å². The molecule has 0 aliphatic rings. The van der Waals surface area contributed by atoms with Gasteiger partial charge in [0, 0.05) is 7.05 Å². The Morgan fingerprint density at radius 2 is 1.92 bits per heavy atom. The molecule has 2 heteroatoms. The van der Waals surface area contributed by atoms with E-state index in [2.05, 4.69) is 12.0 Å². The van der Waals surface area contributed by atoms with Gasteiger partial charge in [0.05, 0.1) is 18.2 Å². The lowest BCUT2D eigenvalue weighted by molar-refractivity contribution is 1.07. The number of aromatic nitrogens is 2. The third-order valence-electron chi connectivity index (χ3n) is 1.78.